The van der Waals surface area contributed by atoms with Gasteiger partial charge >= 0.3 is 11.4 Å². The number of anilines is 1. The quantitative estimate of drug-likeness (QED) is 0.542. The van der Waals surface area contributed by atoms with Crippen molar-refractivity contribution in [2.24, 2.45) is 4.99 Å². The van der Waals surface area contributed by atoms with E-state index in [1.807, 2.05) is 16.8 Å². The number of thiophene rings is 1. The Bertz CT molecular complexity index is 873. The number of amidine groups is 1. The molecule has 3 rings (SSSR count). The van der Waals surface area contributed by atoms with Gasteiger partial charge < -0.3 is 16.1 Å². The molecular weight excluding hydrogens is 264 g/mol. The lowest BCUT2D eigenvalue weighted by molar-refractivity contribution is -0.00420. The molecule has 0 saturated carbocycles. The van der Waals surface area contributed by atoms with Crippen LogP contribution in [0.5, 0.6) is 0 Å². The molecule has 8 heteroatoms. The van der Waals surface area contributed by atoms with E-state index in [9.17, 15) is 4.79 Å². The van der Waals surface area contributed by atoms with Gasteiger partial charge in [-0.3, -0.25) is 9.78 Å². The first-order valence-corrected chi connectivity index (χ1v) is 6.34. The number of H-pyrrole nitrogens is 1. The summed E-state index contributed by atoms with van der Waals surface area (Å²) in [6.07, 6.45) is 0.481. The van der Waals surface area contributed by atoms with E-state index in [1.54, 1.807) is 11.3 Å². The Morgan fingerprint density at radius 1 is 1.53 bits per heavy atom. The predicted molar refractivity (Wildman–Crippen MR) is 70.1 cm³/mol. The molecule has 0 saturated heterocycles. The van der Waals surface area contributed by atoms with Crippen molar-refractivity contribution in [1.82, 2.24) is 9.97 Å². The number of nitrogen functional groups attached to an aromatic ring is 1. The molecule has 3 N–H and O–H groups in total. The van der Waals surface area contributed by atoms with E-state index >= 15 is 0 Å². The first-order chi connectivity index (χ1) is 9.19. The van der Waals surface area contributed by atoms with Crippen molar-refractivity contribution in [3.8, 4) is 0 Å². The third kappa shape index (κ3) is 1.88. The molecule has 0 radical (unpaired) electrons. The molecule has 0 atom stereocenters. The van der Waals surface area contributed by atoms with E-state index in [4.69, 9.17) is 11.3 Å². The van der Waals surface area contributed by atoms with Gasteiger partial charge in [-0.15, -0.1) is 0 Å². The fourth-order valence-corrected chi connectivity index (χ4v) is 2.59. The molecule has 0 amide bonds. The minimum absolute atomic E-state index is 0.0148. The number of nitrogens with two attached hydrogens (primary N) is 1. The van der Waals surface area contributed by atoms with Crippen LogP contribution in [0.25, 0.3) is 11.1 Å². The number of hydrogen-bond donors (Lipinski definition) is 2. The lowest BCUT2D eigenvalue weighted by Gasteiger charge is -1.94. The maximum Gasteiger partial charge on any atom is 0.407 e. The van der Waals surface area contributed by atoms with Crippen molar-refractivity contribution >= 4 is 28.7 Å². The summed E-state index contributed by atoms with van der Waals surface area (Å²) in [6.45, 7) is 0. The predicted octanol–water partition coefficient (Wildman–Crippen LogP) is -0.931. The Morgan fingerprint density at radius 2 is 2.37 bits per heavy atom. The van der Waals surface area contributed by atoms with Crippen molar-refractivity contribution in [2.45, 2.75) is 6.42 Å². The highest BCUT2D eigenvalue weighted by Crippen LogP contribution is 2.13. The fraction of sp³-hybridized carbons (Fsp3) is 0.0909. The van der Waals surface area contributed by atoms with Gasteiger partial charge in [-0.25, -0.2) is 4.98 Å². The van der Waals surface area contributed by atoms with Crippen LogP contribution in [0, 0.1) is 0 Å². The molecule has 0 aromatic carbocycles. The minimum atomic E-state index is -0.441. The molecular formula is C11H8N6OS. The second-order valence-corrected chi connectivity index (χ2v) is 4.75. The van der Waals surface area contributed by atoms with Gasteiger partial charge in [0.2, 0.25) is 5.95 Å². The zero-order valence-corrected chi connectivity index (χ0v) is 10.4. The lowest BCUT2D eigenvalue weighted by atomic mass is 10.1. The molecule has 19 heavy (non-hydrogen) atoms. The fourth-order valence-electron chi connectivity index (χ4n) is 1.92. The smallest absolute Gasteiger partial charge is 0.407 e. The van der Waals surface area contributed by atoms with Crippen molar-refractivity contribution in [3.05, 3.63) is 49.0 Å². The van der Waals surface area contributed by atoms with E-state index in [-0.39, 0.29) is 17.1 Å². The van der Waals surface area contributed by atoms with Gasteiger partial charge in [0.1, 0.15) is 5.35 Å². The largest absolute Gasteiger partial charge is 0.497 e. The highest BCUT2D eigenvalue weighted by molar-refractivity contribution is 7.07. The number of rotatable bonds is 2. The zero-order chi connectivity index (χ0) is 13.4. The molecule has 3 heterocycles. The van der Waals surface area contributed by atoms with Gasteiger partial charge in [-0.2, -0.15) is 11.3 Å². The number of nitrogens with one attached hydrogen (secondary N) is 1. The number of aromatic nitrogens is 2. The molecule has 0 aliphatic carbocycles. The van der Waals surface area contributed by atoms with E-state index in [0.717, 1.165) is 5.56 Å². The zero-order valence-electron chi connectivity index (χ0n) is 9.62. The molecule has 1 aliphatic heterocycles. The van der Waals surface area contributed by atoms with Crippen LogP contribution in [0.2, 0.25) is 0 Å². The summed E-state index contributed by atoms with van der Waals surface area (Å²) in [6, 6.07) is 1.95. The molecule has 94 valence electrons. The Morgan fingerprint density at radius 3 is 3.05 bits per heavy atom. The molecule has 1 aliphatic rings. The van der Waals surface area contributed by atoms with Crippen molar-refractivity contribution < 1.29 is 4.79 Å². The first-order valence-electron chi connectivity index (χ1n) is 5.40. The summed E-state index contributed by atoms with van der Waals surface area (Å²) in [7, 11) is 0. The highest BCUT2D eigenvalue weighted by Gasteiger charge is 2.27. The van der Waals surface area contributed by atoms with Crippen LogP contribution < -0.4 is 22.0 Å². The molecule has 7 nitrogen and oxygen atoms in total. The highest BCUT2D eigenvalue weighted by atomic mass is 32.1. The summed E-state index contributed by atoms with van der Waals surface area (Å²) >= 11 is 1.56. The van der Waals surface area contributed by atoms with Crippen molar-refractivity contribution in [3.63, 3.8) is 0 Å². The second kappa shape index (κ2) is 4.27. The normalized spacial score (nSPS) is 13.1. The van der Waals surface area contributed by atoms with Gasteiger partial charge in [0.25, 0.3) is 5.36 Å². The number of nitrogens with zero attached hydrogens (tertiary/aromatic N) is 4. The SMILES string of the molecule is [N-]=[N+]=C1N=c2c(nc(N)[nH]c2=O)=C1Cc1ccsc1. The number of fused-ring (bicyclic) bond motifs is 1. The maximum atomic E-state index is 11.7. The Labute approximate surface area is 110 Å². The molecule has 0 bridgehead atoms. The van der Waals surface area contributed by atoms with Crippen LogP contribution in [-0.2, 0) is 6.42 Å². The molecule has 0 unspecified atom stereocenters. The van der Waals surface area contributed by atoms with E-state index in [1.165, 1.54) is 0 Å². The van der Waals surface area contributed by atoms with Crippen LogP contribution in [0.3, 0.4) is 0 Å². The molecule has 2 aromatic rings. The first kappa shape index (κ1) is 11.5. The van der Waals surface area contributed by atoms with Crippen LogP contribution in [-0.4, -0.2) is 20.6 Å². The standard InChI is InChI=1S/C11H8N6OS/c12-11-15-7-6(3-5-1-2-19-4-5)9(17-13)14-8(7)10(18)16-11/h1-2,4H,3H2,(H3,12,15,16,18). The van der Waals surface area contributed by atoms with Crippen molar-refractivity contribution in [1.29, 1.82) is 0 Å². The minimum Gasteiger partial charge on any atom is -0.497 e. The topological polar surface area (TPSA) is 121 Å². The number of aromatic amines is 1. The lowest BCUT2D eigenvalue weighted by Crippen LogP contribution is -2.42. The summed E-state index contributed by atoms with van der Waals surface area (Å²) in [5.41, 5.74) is 15.7. The number of hydrogen-bond acceptors (Lipinski definition) is 4. The third-order valence-corrected chi connectivity index (χ3v) is 3.47. The van der Waals surface area contributed by atoms with Crippen LogP contribution in [0.4, 0.5) is 5.95 Å². The van der Waals surface area contributed by atoms with E-state index in [2.05, 4.69) is 19.8 Å². The second-order valence-electron chi connectivity index (χ2n) is 3.97. The van der Waals surface area contributed by atoms with E-state index < -0.39 is 5.56 Å². The van der Waals surface area contributed by atoms with Crippen LogP contribution >= 0.6 is 11.3 Å². The third-order valence-electron chi connectivity index (χ3n) is 2.74. The van der Waals surface area contributed by atoms with Gasteiger partial charge in [0.15, 0.2) is 0 Å². The average molecular weight is 272 g/mol. The summed E-state index contributed by atoms with van der Waals surface area (Å²) in [4.78, 5) is 25.3. The monoisotopic (exact) mass is 272 g/mol. The average Bonchev–Trinajstić information content (AvgIpc) is 2.99. The Kier molecular flexibility index (Phi) is 2.59. The Hall–Kier alpha value is -2.57. The summed E-state index contributed by atoms with van der Waals surface area (Å²) in [5, 5.41) is 4.42. The molecule has 0 fully saturated rings. The van der Waals surface area contributed by atoms with Gasteiger partial charge in [-0.1, -0.05) is 0 Å². The maximum absolute atomic E-state index is 11.7. The van der Waals surface area contributed by atoms with Gasteiger partial charge in [0.05, 0.1) is 5.57 Å². The summed E-state index contributed by atoms with van der Waals surface area (Å²) in [5.74, 6) is 0.116. The molecule has 2 aromatic heterocycles. The van der Waals surface area contributed by atoms with Gasteiger partial charge in [-0.05, 0) is 27.4 Å². The summed E-state index contributed by atoms with van der Waals surface area (Å²) < 4.78 is 0. The van der Waals surface area contributed by atoms with E-state index in [0.29, 0.717) is 17.3 Å². The Balaban J connectivity index is 2.31. The van der Waals surface area contributed by atoms with Crippen molar-refractivity contribution in [2.75, 3.05) is 5.73 Å². The molecule has 0 spiro atoms. The van der Waals surface area contributed by atoms with Gasteiger partial charge in [0, 0.05) is 6.42 Å². The van der Waals surface area contributed by atoms with Crippen LogP contribution in [0.1, 0.15) is 5.56 Å². The van der Waals surface area contributed by atoms with Crippen LogP contribution in [0.15, 0.2) is 26.6 Å².